The number of thiophene rings is 1. The Morgan fingerprint density at radius 1 is 0.255 bits per heavy atom. The summed E-state index contributed by atoms with van der Waals surface area (Å²) in [4.78, 5) is 0. The van der Waals surface area contributed by atoms with Crippen LogP contribution in [0.2, 0.25) is 0 Å². The molecule has 1 aromatic heterocycles. The molecule has 0 N–H and O–H groups in total. The van der Waals surface area contributed by atoms with E-state index in [1.807, 2.05) is 11.3 Å². The van der Waals surface area contributed by atoms with E-state index in [-0.39, 0.29) is 0 Å². The van der Waals surface area contributed by atoms with Crippen molar-refractivity contribution in [1.29, 1.82) is 0 Å². The quantitative estimate of drug-likeness (QED) is 0.165. The molecule has 0 spiro atoms. The summed E-state index contributed by atoms with van der Waals surface area (Å²) in [6.07, 6.45) is 0. The summed E-state index contributed by atoms with van der Waals surface area (Å²) in [5.74, 6) is 0. The van der Waals surface area contributed by atoms with E-state index in [4.69, 9.17) is 0 Å². The first-order valence-corrected chi connectivity index (χ1v) is 18.4. The van der Waals surface area contributed by atoms with Gasteiger partial charge >= 0.3 is 0 Å². The fraction of sp³-hybridized carbons (Fsp3) is 0. The summed E-state index contributed by atoms with van der Waals surface area (Å²) in [6.45, 7) is 0. The van der Waals surface area contributed by atoms with E-state index in [0.717, 1.165) is 0 Å². The largest absolute Gasteiger partial charge is 0.135 e. The molecule has 51 heavy (non-hydrogen) atoms. The van der Waals surface area contributed by atoms with Gasteiger partial charge in [0.2, 0.25) is 0 Å². The van der Waals surface area contributed by atoms with Gasteiger partial charge in [-0.05, 0) is 105 Å². The van der Waals surface area contributed by atoms with Gasteiger partial charge in [-0.3, -0.25) is 0 Å². The van der Waals surface area contributed by atoms with Crippen molar-refractivity contribution in [2.75, 3.05) is 0 Å². The molecule has 10 aromatic carbocycles. The lowest BCUT2D eigenvalue weighted by Crippen LogP contribution is -1.93. The predicted molar refractivity (Wildman–Crippen MR) is 223 cm³/mol. The molecule has 1 heterocycles. The highest BCUT2D eigenvalue weighted by Crippen LogP contribution is 2.48. The van der Waals surface area contributed by atoms with Gasteiger partial charge in [0.15, 0.2) is 0 Å². The molecule has 0 bridgehead atoms. The third kappa shape index (κ3) is 4.32. The highest BCUT2D eigenvalue weighted by molar-refractivity contribution is 7.25. The van der Waals surface area contributed by atoms with Crippen LogP contribution in [0.15, 0.2) is 182 Å². The SMILES string of the molecule is c1ccc2cc3c(cc2c1)sc1cc(-c2ccc(-c4c5ccccc5c(-c5cccc6ccccc56)c5ccccc45)c4ccccc24)ccc13. The van der Waals surface area contributed by atoms with Crippen LogP contribution < -0.4 is 0 Å². The maximum absolute atomic E-state index is 2.40. The molecular formula is C50H30S. The standard InChI is InChI=1S/C50H30S/c1-2-14-33-29-48-46(28-32(33)13-1)39-25-24-34(30-47(39)51-48)36-26-27-45(38-18-6-5-17-37(36)38)50-43-21-9-7-19-41(43)49(42-20-8-10-22-44(42)50)40-23-11-15-31-12-3-4-16-35(31)40/h1-30H. The number of hydrogen-bond donors (Lipinski definition) is 0. The van der Waals surface area contributed by atoms with E-state index in [0.29, 0.717) is 0 Å². The fourth-order valence-electron chi connectivity index (χ4n) is 8.55. The maximum Gasteiger partial charge on any atom is 0.0361 e. The topological polar surface area (TPSA) is 0 Å². The van der Waals surface area contributed by atoms with Crippen LogP contribution in [-0.4, -0.2) is 0 Å². The Bertz CT molecular complexity index is 3130. The Morgan fingerprint density at radius 3 is 1.39 bits per heavy atom. The summed E-state index contributed by atoms with van der Waals surface area (Å²) >= 11 is 1.89. The second kappa shape index (κ2) is 11.1. The first-order chi connectivity index (χ1) is 25.3. The molecule has 236 valence electrons. The predicted octanol–water partition coefficient (Wildman–Crippen LogP) is 14.8. The van der Waals surface area contributed by atoms with E-state index in [9.17, 15) is 0 Å². The smallest absolute Gasteiger partial charge is 0.0361 e. The van der Waals surface area contributed by atoms with Gasteiger partial charge in [0.05, 0.1) is 0 Å². The van der Waals surface area contributed by atoms with E-state index < -0.39 is 0 Å². The molecule has 0 radical (unpaired) electrons. The lowest BCUT2D eigenvalue weighted by Gasteiger charge is -2.20. The van der Waals surface area contributed by atoms with Crippen molar-refractivity contribution in [3.8, 4) is 33.4 Å². The Kier molecular flexibility index (Phi) is 6.22. The molecule has 0 amide bonds. The molecule has 0 saturated carbocycles. The first-order valence-electron chi connectivity index (χ1n) is 17.6. The van der Waals surface area contributed by atoms with Crippen LogP contribution in [0.4, 0.5) is 0 Å². The Hall–Kier alpha value is -6.28. The van der Waals surface area contributed by atoms with Crippen LogP contribution in [0.3, 0.4) is 0 Å². The van der Waals surface area contributed by atoms with Gasteiger partial charge in [0.25, 0.3) is 0 Å². The van der Waals surface area contributed by atoms with E-state index in [1.54, 1.807) is 0 Å². The van der Waals surface area contributed by atoms with Crippen molar-refractivity contribution in [2.24, 2.45) is 0 Å². The molecule has 11 aromatic rings. The van der Waals surface area contributed by atoms with Crippen LogP contribution in [0.5, 0.6) is 0 Å². The Morgan fingerprint density at radius 2 is 0.725 bits per heavy atom. The highest BCUT2D eigenvalue weighted by Gasteiger charge is 2.20. The zero-order chi connectivity index (χ0) is 33.5. The van der Waals surface area contributed by atoms with Gasteiger partial charge in [-0.2, -0.15) is 0 Å². The molecule has 0 fully saturated rings. The Labute approximate surface area is 299 Å². The highest BCUT2D eigenvalue weighted by atomic mass is 32.1. The van der Waals surface area contributed by atoms with E-state index in [1.165, 1.54) is 107 Å². The van der Waals surface area contributed by atoms with Crippen LogP contribution in [0.1, 0.15) is 0 Å². The number of benzene rings is 10. The average Bonchev–Trinajstić information content (AvgIpc) is 3.55. The second-order valence-electron chi connectivity index (χ2n) is 13.6. The third-order valence-corrected chi connectivity index (χ3v) is 11.9. The summed E-state index contributed by atoms with van der Waals surface area (Å²) < 4.78 is 2.67. The fourth-order valence-corrected chi connectivity index (χ4v) is 9.73. The number of fused-ring (bicyclic) bond motifs is 8. The van der Waals surface area contributed by atoms with Gasteiger partial charge in [-0.1, -0.05) is 164 Å². The third-order valence-electron chi connectivity index (χ3n) is 10.8. The van der Waals surface area contributed by atoms with E-state index in [2.05, 4.69) is 182 Å². The van der Waals surface area contributed by atoms with Gasteiger partial charge in [0, 0.05) is 20.2 Å². The van der Waals surface area contributed by atoms with Crippen LogP contribution in [-0.2, 0) is 0 Å². The minimum Gasteiger partial charge on any atom is -0.135 e. The Balaban J connectivity index is 1.15. The summed E-state index contributed by atoms with van der Waals surface area (Å²) in [6, 6.07) is 67.5. The molecule has 0 atom stereocenters. The molecule has 0 saturated heterocycles. The zero-order valence-electron chi connectivity index (χ0n) is 27.7. The molecule has 11 rings (SSSR count). The molecular weight excluding hydrogens is 633 g/mol. The lowest BCUT2D eigenvalue weighted by molar-refractivity contribution is 1.67. The summed E-state index contributed by atoms with van der Waals surface area (Å²) in [7, 11) is 0. The van der Waals surface area contributed by atoms with Crippen molar-refractivity contribution in [2.45, 2.75) is 0 Å². The molecule has 0 aliphatic heterocycles. The average molecular weight is 663 g/mol. The van der Waals surface area contributed by atoms with Crippen molar-refractivity contribution >= 4 is 85.4 Å². The summed E-state index contributed by atoms with van der Waals surface area (Å²) in [5.41, 5.74) is 7.65. The monoisotopic (exact) mass is 662 g/mol. The molecule has 0 nitrogen and oxygen atoms in total. The molecule has 1 heteroatoms. The maximum atomic E-state index is 2.40. The van der Waals surface area contributed by atoms with Crippen molar-refractivity contribution < 1.29 is 0 Å². The van der Waals surface area contributed by atoms with Gasteiger partial charge in [-0.15, -0.1) is 11.3 Å². The van der Waals surface area contributed by atoms with Gasteiger partial charge in [-0.25, -0.2) is 0 Å². The molecule has 0 aliphatic carbocycles. The van der Waals surface area contributed by atoms with Crippen molar-refractivity contribution in [1.82, 2.24) is 0 Å². The van der Waals surface area contributed by atoms with Gasteiger partial charge in [0.1, 0.15) is 0 Å². The molecule has 0 unspecified atom stereocenters. The van der Waals surface area contributed by atoms with Crippen molar-refractivity contribution in [3.63, 3.8) is 0 Å². The number of rotatable bonds is 3. The van der Waals surface area contributed by atoms with Crippen LogP contribution >= 0.6 is 11.3 Å². The van der Waals surface area contributed by atoms with E-state index >= 15 is 0 Å². The first kappa shape index (κ1) is 28.5. The second-order valence-corrected chi connectivity index (χ2v) is 14.7. The number of hydrogen-bond acceptors (Lipinski definition) is 1. The zero-order valence-corrected chi connectivity index (χ0v) is 28.5. The minimum atomic E-state index is 1.25. The van der Waals surface area contributed by atoms with Crippen molar-refractivity contribution in [3.05, 3.63) is 182 Å². The minimum absolute atomic E-state index is 1.25. The van der Waals surface area contributed by atoms with Crippen LogP contribution in [0, 0.1) is 0 Å². The lowest BCUT2D eigenvalue weighted by atomic mass is 9.83. The molecule has 0 aliphatic rings. The van der Waals surface area contributed by atoms with Gasteiger partial charge < -0.3 is 0 Å². The normalized spacial score (nSPS) is 11.9. The van der Waals surface area contributed by atoms with Crippen LogP contribution in [0.25, 0.3) is 107 Å². The summed E-state index contributed by atoms with van der Waals surface area (Å²) in [5, 5.41) is 15.4.